The molecule has 0 aromatic heterocycles. The Kier molecular flexibility index (Phi) is 7.01. The number of hydrogen-bond donors (Lipinski definition) is 2. The Morgan fingerprint density at radius 1 is 0.893 bits per heavy atom. The fraction of sp³-hybridized carbons (Fsp3) is 0.174. The number of halogens is 1. The van der Waals surface area contributed by atoms with E-state index in [1.807, 2.05) is 42.5 Å². The summed E-state index contributed by atoms with van der Waals surface area (Å²) in [6.45, 7) is 0.642. The van der Waals surface area contributed by atoms with Gasteiger partial charge in [0.15, 0.2) is 0 Å². The second-order valence-electron chi connectivity index (χ2n) is 6.34. The molecule has 0 saturated heterocycles. The van der Waals surface area contributed by atoms with Crippen molar-refractivity contribution in [1.29, 1.82) is 0 Å². The van der Waals surface area contributed by atoms with Crippen LogP contribution in [0.5, 0.6) is 5.75 Å². The highest BCUT2D eigenvalue weighted by Gasteiger charge is 2.08. The Morgan fingerprint density at radius 3 is 2.39 bits per heavy atom. The molecule has 0 aliphatic carbocycles. The third kappa shape index (κ3) is 6.13. The molecule has 2 N–H and O–H groups in total. The fourth-order valence-corrected chi connectivity index (χ4v) is 2.74. The molecule has 0 aliphatic heterocycles. The van der Waals surface area contributed by atoms with Gasteiger partial charge in [0.25, 0.3) is 0 Å². The zero-order valence-electron chi connectivity index (χ0n) is 15.5. The molecule has 0 spiro atoms. The van der Waals surface area contributed by atoms with E-state index in [0.29, 0.717) is 23.7 Å². The molecule has 144 valence electrons. The van der Waals surface area contributed by atoms with Gasteiger partial charge in [-0.25, -0.2) is 4.39 Å². The van der Waals surface area contributed by atoms with Crippen LogP contribution in [0.2, 0.25) is 0 Å². The molecule has 0 bridgehead atoms. The monoisotopic (exact) mass is 378 g/mol. The third-order valence-corrected chi connectivity index (χ3v) is 4.17. The standard InChI is InChI=1S/C23H23FN2O2/c24-19-12-14-20(15-13-19)25-17-23(27)26-21-10-4-5-11-22(21)28-16-6-9-18-7-2-1-3-8-18/h1-5,7-8,10-15,25H,6,9,16-17H2,(H,26,27). The van der Waals surface area contributed by atoms with Gasteiger partial charge >= 0.3 is 0 Å². The van der Waals surface area contributed by atoms with Gasteiger partial charge in [0, 0.05) is 5.69 Å². The Balaban J connectivity index is 1.47. The molecule has 3 aromatic carbocycles. The summed E-state index contributed by atoms with van der Waals surface area (Å²) in [6, 6.07) is 23.5. The van der Waals surface area contributed by atoms with Crippen molar-refractivity contribution in [2.45, 2.75) is 12.8 Å². The predicted octanol–water partition coefficient (Wildman–Crippen LogP) is 4.89. The molecule has 28 heavy (non-hydrogen) atoms. The van der Waals surface area contributed by atoms with Crippen molar-refractivity contribution in [3.05, 3.63) is 90.2 Å². The van der Waals surface area contributed by atoms with Crippen LogP contribution in [0.1, 0.15) is 12.0 Å². The lowest BCUT2D eigenvalue weighted by Gasteiger charge is -2.13. The van der Waals surface area contributed by atoms with Crippen LogP contribution >= 0.6 is 0 Å². The summed E-state index contributed by atoms with van der Waals surface area (Å²) < 4.78 is 18.8. The smallest absolute Gasteiger partial charge is 0.243 e. The van der Waals surface area contributed by atoms with Gasteiger partial charge < -0.3 is 15.4 Å². The SMILES string of the molecule is O=C(CNc1ccc(F)cc1)Nc1ccccc1OCCCc1ccccc1. The first-order valence-corrected chi connectivity index (χ1v) is 9.26. The number of rotatable bonds is 9. The van der Waals surface area contributed by atoms with Crippen molar-refractivity contribution in [3.63, 3.8) is 0 Å². The number of carbonyl (C=O) groups excluding carboxylic acids is 1. The Labute approximate surface area is 164 Å². The highest BCUT2D eigenvalue weighted by molar-refractivity contribution is 5.95. The van der Waals surface area contributed by atoms with Crippen LogP contribution in [-0.2, 0) is 11.2 Å². The minimum Gasteiger partial charge on any atom is -0.491 e. The summed E-state index contributed by atoms with van der Waals surface area (Å²) >= 11 is 0. The molecule has 1 amide bonds. The minimum atomic E-state index is -0.312. The summed E-state index contributed by atoms with van der Waals surface area (Å²) in [6.07, 6.45) is 1.83. The maximum atomic E-state index is 12.9. The summed E-state index contributed by atoms with van der Waals surface area (Å²) in [5.41, 5.74) is 2.59. The van der Waals surface area contributed by atoms with Gasteiger partial charge in [-0.15, -0.1) is 0 Å². The largest absolute Gasteiger partial charge is 0.491 e. The molecule has 3 rings (SSSR count). The van der Waals surface area contributed by atoms with Crippen molar-refractivity contribution in [1.82, 2.24) is 0 Å². The second kappa shape index (κ2) is 10.1. The number of hydrogen-bond acceptors (Lipinski definition) is 3. The molecule has 0 aliphatic rings. The Hall–Kier alpha value is -3.34. The maximum absolute atomic E-state index is 12.9. The van der Waals surface area contributed by atoms with E-state index in [4.69, 9.17) is 4.74 Å². The molecule has 0 radical (unpaired) electrons. The van der Waals surface area contributed by atoms with E-state index in [2.05, 4.69) is 22.8 Å². The molecule has 0 fully saturated rings. The molecule has 0 atom stereocenters. The number of benzene rings is 3. The van der Waals surface area contributed by atoms with Crippen LogP contribution in [0.25, 0.3) is 0 Å². The van der Waals surface area contributed by atoms with Gasteiger partial charge in [0.2, 0.25) is 5.91 Å². The molecule has 0 unspecified atom stereocenters. The lowest BCUT2D eigenvalue weighted by atomic mass is 10.1. The number of amides is 1. The molecule has 4 nitrogen and oxygen atoms in total. The van der Waals surface area contributed by atoms with Crippen LogP contribution in [0.3, 0.4) is 0 Å². The van der Waals surface area contributed by atoms with Gasteiger partial charge in [-0.2, -0.15) is 0 Å². The molecular weight excluding hydrogens is 355 g/mol. The number of carbonyl (C=O) groups is 1. The molecule has 0 heterocycles. The number of ether oxygens (including phenoxy) is 1. The van der Waals surface area contributed by atoms with E-state index >= 15 is 0 Å². The second-order valence-corrected chi connectivity index (χ2v) is 6.34. The van der Waals surface area contributed by atoms with Gasteiger partial charge in [-0.3, -0.25) is 4.79 Å². The van der Waals surface area contributed by atoms with Crippen LogP contribution < -0.4 is 15.4 Å². The van der Waals surface area contributed by atoms with Crippen molar-refractivity contribution in [2.24, 2.45) is 0 Å². The van der Waals surface area contributed by atoms with Gasteiger partial charge in [-0.05, 0) is 54.8 Å². The van der Waals surface area contributed by atoms with Gasteiger partial charge in [0.05, 0.1) is 18.8 Å². The van der Waals surface area contributed by atoms with Gasteiger partial charge in [0.1, 0.15) is 11.6 Å². The predicted molar refractivity (Wildman–Crippen MR) is 110 cm³/mol. The highest BCUT2D eigenvalue weighted by Crippen LogP contribution is 2.24. The van der Waals surface area contributed by atoms with E-state index < -0.39 is 0 Å². The molecule has 0 saturated carbocycles. The van der Waals surface area contributed by atoms with Gasteiger partial charge in [-0.1, -0.05) is 42.5 Å². The third-order valence-electron chi connectivity index (χ3n) is 4.17. The van der Waals surface area contributed by atoms with Crippen molar-refractivity contribution in [3.8, 4) is 5.75 Å². The van der Waals surface area contributed by atoms with Crippen LogP contribution in [-0.4, -0.2) is 19.1 Å². The molecule has 3 aromatic rings. The summed E-state index contributed by atoms with van der Waals surface area (Å²) in [4.78, 5) is 12.2. The highest BCUT2D eigenvalue weighted by atomic mass is 19.1. The van der Waals surface area contributed by atoms with E-state index in [1.54, 1.807) is 12.1 Å². The number of nitrogens with one attached hydrogen (secondary N) is 2. The van der Waals surface area contributed by atoms with E-state index in [0.717, 1.165) is 12.8 Å². The lowest BCUT2D eigenvalue weighted by molar-refractivity contribution is -0.114. The average Bonchev–Trinajstić information content (AvgIpc) is 2.73. The zero-order chi connectivity index (χ0) is 19.6. The Bertz CT molecular complexity index is 883. The molecule has 5 heteroatoms. The van der Waals surface area contributed by atoms with Crippen molar-refractivity contribution < 1.29 is 13.9 Å². The van der Waals surface area contributed by atoms with Crippen LogP contribution in [0.15, 0.2) is 78.9 Å². The number of anilines is 2. The number of para-hydroxylation sites is 2. The Morgan fingerprint density at radius 2 is 1.61 bits per heavy atom. The zero-order valence-corrected chi connectivity index (χ0v) is 15.5. The average molecular weight is 378 g/mol. The van der Waals surface area contributed by atoms with Crippen molar-refractivity contribution in [2.75, 3.05) is 23.8 Å². The maximum Gasteiger partial charge on any atom is 0.243 e. The first-order chi connectivity index (χ1) is 13.7. The van der Waals surface area contributed by atoms with E-state index in [1.165, 1.54) is 17.7 Å². The minimum absolute atomic E-state index is 0.0774. The van der Waals surface area contributed by atoms with Crippen LogP contribution in [0.4, 0.5) is 15.8 Å². The number of aryl methyl sites for hydroxylation is 1. The lowest BCUT2D eigenvalue weighted by Crippen LogP contribution is -2.22. The summed E-state index contributed by atoms with van der Waals surface area (Å²) in [7, 11) is 0. The quantitative estimate of drug-likeness (QED) is 0.521. The summed E-state index contributed by atoms with van der Waals surface area (Å²) in [5.74, 6) is 0.128. The summed E-state index contributed by atoms with van der Waals surface area (Å²) in [5, 5.41) is 5.81. The van der Waals surface area contributed by atoms with Crippen molar-refractivity contribution >= 4 is 17.3 Å². The molecular formula is C23H23FN2O2. The first kappa shape index (κ1) is 19.4. The normalized spacial score (nSPS) is 10.3. The first-order valence-electron chi connectivity index (χ1n) is 9.26. The van der Waals surface area contributed by atoms with E-state index in [-0.39, 0.29) is 18.3 Å². The topological polar surface area (TPSA) is 50.4 Å². The van der Waals surface area contributed by atoms with E-state index in [9.17, 15) is 9.18 Å². The van der Waals surface area contributed by atoms with Crippen LogP contribution in [0, 0.1) is 5.82 Å². The fourth-order valence-electron chi connectivity index (χ4n) is 2.74.